The highest BCUT2D eigenvalue weighted by molar-refractivity contribution is 7.84. The SMILES string of the molecule is CC(C)(C)OC(=O)CCCCl.CC(C)(C)OC(=O)[C@@H]1CCO[C@H]1c1ccc(Cl)cc1.CC(C)CC(NS(=O)CCN)c1cc(Cl)ccc1N1CCN(C(=O)[C@H]2CCO[C@@H]2c2ccc(Cl)cc2)CC1.CC(C)C[C@H](C)c1cc(Cl)ccc1N1CCNCC1.CC(C)C[C@H](NS(=O)C(C)(C)C)c1cc(Cl)ccc1N1CCN(C(=O)[C@@H]2CCO[C@H]2c2ccc(Cl)cc2)CC1.O=C1CCCO1.O=Cc1ccc(Cl)cc1. The zero-order chi connectivity index (χ0) is 103. The van der Waals surface area contributed by atoms with Crippen molar-refractivity contribution in [1.29, 1.82) is 0 Å². The molecular formula is C108H149Cl8N9O14S2. The number of halogens is 8. The third kappa shape index (κ3) is 40.5. The van der Waals surface area contributed by atoms with Gasteiger partial charge in [-0.2, -0.15) is 0 Å². The number of hydrogen-bond acceptors (Lipinski definition) is 19. The summed E-state index contributed by atoms with van der Waals surface area (Å²) in [6.07, 6.45) is 7.73. The van der Waals surface area contributed by atoms with E-state index < -0.39 is 27.6 Å². The first-order chi connectivity index (χ1) is 66.8. The van der Waals surface area contributed by atoms with Crippen LogP contribution >= 0.6 is 92.8 Å². The molecule has 7 aromatic rings. The minimum atomic E-state index is -1.23. The average molecular weight is 2150 g/mol. The van der Waals surface area contributed by atoms with Gasteiger partial charge in [0, 0.05) is 193 Å². The summed E-state index contributed by atoms with van der Waals surface area (Å²) in [4.78, 5) is 81.4. The number of carbonyl (C=O) groups is 6. The number of nitrogens with one attached hydrogen (secondary N) is 3. The molecule has 23 nitrogen and oxygen atoms in total. The van der Waals surface area contributed by atoms with Gasteiger partial charge in [-0.25, -0.2) is 17.9 Å². The summed E-state index contributed by atoms with van der Waals surface area (Å²) in [5, 5.41) is 8.24. The van der Waals surface area contributed by atoms with Crippen molar-refractivity contribution < 1.29 is 65.6 Å². The molecule has 0 saturated carbocycles. The Bertz CT molecular complexity index is 5080. The highest BCUT2D eigenvalue weighted by atomic mass is 35.5. The van der Waals surface area contributed by atoms with Gasteiger partial charge in [-0.15, -0.1) is 11.6 Å². The molecule has 0 aromatic heterocycles. The van der Waals surface area contributed by atoms with E-state index >= 15 is 0 Å². The molecule has 7 fully saturated rings. The second-order valence-electron chi connectivity index (χ2n) is 40.4. The van der Waals surface area contributed by atoms with Crippen LogP contribution in [0.4, 0.5) is 17.1 Å². The maximum absolute atomic E-state index is 13.6. The Morgan fingerprint density at radius 3 is 1.21 bits per heavy atom. The van der Waals surface area contributed by atoms with E-state index in [1.807, 2.05) is 181 Å². The topological polar surface area (TPSA) is 270 Å². The van der Waals surface area contributed by atoms with E-state index in [0.29, 0.717) is 169 Å². The number of ether oxygens (including phenoxy) is 6. The normalized spacial score (nSPS) is 19.8. The first-order valence-electron chi connectivity index (χ1n) is 49.2. The number of piperazine rings is 3. The van der Waals surface area contributed by atoms with E-state index in [1.54, 1.807) is 24.3 Å². The molecule has 141 heavy (non-hydrogen) atoms. The molecule has 14 rings (SSSR count). The van der Waals surface area contributed by atoms with Crippen LogP contribution in [-0.4, -0.2) is 193 Å². The van der Waals surface area contributed by atoms with E-state index in [2.05, 4.69) is 101 Å². The molecule has 7 aromatic carbocycles. The Hall–Kier alpha value is -6.70. The quantitative estimate of drug-likeness (QED) is 0.0154. The highest BCUT2D eigenvalue weighted by Gasteiger charge is 2.43. The van der Waals surface area contributed by atoms with Gasteiger partial charge in [-0.1, -0.05) is 178 Å². The Labute approximate surface area is 883 Å². The molecule has 2 amide bonds. The van der Waals surface area contributed by atoms with Gasteiger partial charge in [-0.3, -0.25) is 28.8 Å². The highest BCUT2D eigenvalue weighted by Crippen LogP contribution is 2.43. The summed E-state index contributed by atoms with van der Waals surface area (Å²) in [5.41, 5.74) is 15.4. The predicted octanol–water partition coefficient (Wildman–Crippen LogP) is 23.8. The van der Waals surface area contributed by atoms with Crippen LogP contribution in [0.1, 0.15) is 255 Å². The molecule has 0 bridgehead atoms. The van der Waals surface area contributed by atoms with Gasteiger partial charge in [0.1, 0.15) is 17.5 Å². The number of esters is 3. The molecule has 3 unspecified atom stereocenters. The maximum atomic E-state index is 13.6. The molecular weight excluding hydrogens is 1990 g/mol. The number of hydrogen-bond donors (Lipinski definition) is 4. The van der Waals surface area contributed by atoms with Crippen LogP contribution < -0.4 is 35.2 Å². The molecule has 0 radical (unpaired) electrons. The average Bonchev–Trinajstić information content (AvgIpc) is 1.71. The number of cyclic esters (lactones) is 1. The number of nitrogens with zero attached hydrogens (tertiary/aromatic N) is 5. The van der Waals surface area contributed by atoms with Crippen molar-refractivity contribution >= 4 is 168 Å². The van der Waals surface area contributed by atoms with Crippen molar-refractivity contribution in [3.63, 3.8) is 0 Å². The third-order valence-electron chi connectivity index (χ3n) is 24.1. The summed E-state index contributed by atoms with van der Waals surface area (Å²) in [6, 6.07) is 47.4. The summed E-state index contributed by atoms with van der Waals surface area (Å²) >= 11 is 48.1. The van der Waals surface area contributed by atoms with Gasteiger partial charge in [0.2, 0.25) is 11.8 Å². The minimum absolute atomic E-state index is 0.0463. The fourth-order valence-electron chi connectivity index (χ4n) is 17.4. The van der Waals surface area contributed by atoms with E-state index in [1.165, 1.54) is 17.7 Å². The van der Waals surface area contributed by atoms with Crippen LogP contribution in [0.5, 0.6) is 0 Å². The molecule has 7 aliphatic rings. The first-order valence-corrected chi connectivity index (χ1v) is 54.9. The van der Waals surface area contributed by atoms with E-state index in [4.69, 9.17) is 122 Å². The van der Waals surface area contributed by atoms with Gasteiger partial charge >= 0.3 is 17.9 Å². The lowest BCUT2D eigenvalue weighted by atomic mass is 9.90. The zero-order valence-electron chi connectivity index (χ0n) is 84.8. The molecule has 7 saturated heterocycles. The second kappa shape index (κ2) is 59.3. The van der Waals surface area contributed by atoms with Crippen LogP contribution in [0.25, 0.3) is 0 Å². The summed E-state index contributed by atoms with van der Waals surface area (Å²) in [5.74, 6) is 2.27. The monoisotopic (exact) mass is 2140 g/mol. The number of anilines is 3. The molecule has 11 atom stereocenters. The van der Waals surface area contributed by atoms with Crippen LogP contribution in [0.2, 0.25) is 35.2 Å². The van der Waals surface area contributed by atoms with E-state index in [9.17, 15) is 37.2 Å². The number of benzene rings is 7. The van der Waals surface area contributed by atoms with E-state index in [-0.39, 0.29) is 88.2 Å². The van der Waals surface area contributed by atoms with Gasteiger partial charge in [0.25, 0.3) is 0 Å². The van der Waals surface area contributed by atoms with Gasteiger partial charge in [0.15, 0.2) is 0 Å². The second-order valence-corrected chi connectivity index (χ2v) is 47.2. The van der Waals surface area contributed by atoms with Gasteiger partial charge in [0.05, 0.1) is 75.1 Å². The van der Waals surface area contributed by atoms with Crippen LogP contribution in [0, 0.1) is 35.5 Å². The largest absolute Gasteiger partial charge is 0.466 e. The van der Waals surface area contributed by atoms with Crippen molar-refractivity contribution in [2.75, 3.05) is 138 Å². The number of amides is 2. The van der Waals surface area contributed by atoms with Crippen LogP contribution in [0.15, 0.2) is 152 Å². The number of rotatable bonds is 28. The molecule has 7 heterocycles. The molecule has 33 heteroatoms. The predicted molar refractivity (Wildman–Crippen MR) is 579 cm³/mol. The van der Waals surface area contributed by atoms with Crippen molar-refractivity contribution in [3.05, 3.63) is 226 Å². The Morgan fingerprint density at radius 1 is 0.482 bits per heavy atom. The molecule has 7 aliphatic heterocycles. The minimum Gasteiger partial charge on any atom is -0.466 e. The number of alkyl halides is 1. The lowest BCUT2D eigenvalue weighted by molar-refractivity contribution is -0.162. The zero-order valence-corrected chi connectivity index (χ0v) is 92.5. The molecule has 0 spiro atoms. The van der Waals surface area contributed by atoms with Crippen molar-refractivity contribution in [1.82, 2.24) is 24.6 Å². The van der Waals surface area contributed by atoms with Crippen molar-refractivity contribution in [2.24, 2.45) is 41.2 Å². The summed E-state index contributed by atoms with van der Waals surface area (Å²) < 4.78 is 64.6. The summed E-state index contributed by atoms with van der Waals surface area (Å²) in [7, 11) is -2.45. The third-order valence-corrected chi connectivity index (χ3v) is 28.9. The fourth-order valence-corrected chi connectivity index (χ4v) is 20.3. The Balaban J connectivity index is 0.000000218. The first kappa shape index (κ1) is 120. The van der Waals surface area contributed by atoms with Gasteiger partial charge in [-0.05, 0) is 274 Å². The maximum Gasteiger partial charge on any atom is 0.312 e. The Kier molecular flexibility index (Phi) is 50.3. The number of carbonyl (C=O) groups excluding carboxylic acids is 6. The molecule has 0 aliphatic carbocycles. The van der Waals surface area contributed by atoms with E-state index in [0.717, 1.165) is 122 Å². The Morgan fingerprint density at radius 2 is 0.851 bits per heavy atom. The van der Waals surface area contributed by atoms with Crippen molar-refractivity contribution in [3.8, 4) is 0 Å². The lowest BCUT2D eigenvalue weighted by Gasteiger charge is -2.39. The summed E-state index contributed by atoms with van der Waals surface area (Å²) in [6.45, 7) is 45.1. The smallest absolute Gasteiger partial charge is 0.312 e. The van der Waals surface area contributed by atoms with Gasteiger partial charge < -0.3 is 64.0 Å². The fraction of sp³-hybridized carbons (Fsp3) is 0.556. The lowest BCUT2D eigenvalue weighted by Crippen LogP contribution is -2.51. The standard InChI is InChI=1S/C30H41Cl2N3O3S.C28H38Cl2N4O3S.C16H25ClN2.C15H19ClO3.C8H15ClO2.C7H5ClO.C4H6O2/c1-20(2)18-26(33-39(37)30(3,4)5)25-19-23(32)10-11-27(25)34-13-15-35(16-14-34)29(36)24-12-17-38-28(24)21-6-8-22(31)9-7-21;1-19(2)17-25(32-38(36)16-10-31)24-18-22(30)7-8-26(24)33-11-13-34(14-12-33)28(35)23-9-15-37-27(23)20-3-5-21(29)6-4-20;1-12(2)10-13(3)15-11-14(17)4-5-16(15)19-8-6-18-7-9-19;1-15(2,3)19-14(17)12-8-9-18-13(12)10-4-6-11(16)7-5-10;1-8(2,3)11-7(10)5-4-6-9;8-7-3-1-6(5-9)2-4-7;5-4-2-1-3-6-4/h6-11,19-20,24,26,28,33H,12-18H2,1-5H3;3-8,18-19,23,25,27,32H,9-17,31H2,1-2H3;4-5,11-13,18H,6-10H2,1-3H3;4-7,12-13H,8-9H2,1-3H3;4-6H2,1-3H3;1-5H;1-3H2/t24-,26+,28+,39?;23-,25?,27+,38?;13-;12-,13+;;;/m1001.../s1. The number of aldehydes is 1. The molecule has 778 valence electrons. The van der Waals surface area contributed by atoms with Crippen LogP contribution in [0.3, 0.4) is 0 Å². The van der Waals surface area contributed by atoms with Crippen LogP contribution in [-0.2, 0) is 74.4 Å². The number of nitrogens with two attached hydrogens (primary N) is 1. The van der Waals surface area contributed by atoms with Crippen molar-refractivity contribution in [2.45, 2.75) is 227 Å². The molecule has 5 N–H and O–H groups in total.